The molecule has 31 heavy (non-hydrogen) atoms. The Morgan fingerprint density at radius 3 is 2.03 bits per heavy atom. The van der Waals surface area contributed by atoms with Crippen LogP contribution >= 0.6 is 0 Å². The predicted octanol–water partition coefficient (Wildman–Crippen LogP) is 2.28. The van der Waals surface area contributed by atoms with Crippen molar-refractivity contribution in [2.75, 3.05) is 19.4 Å². The highest BCUT2D eigenvalue weighted by Crippen LogP contribution is 2.23. The maximum absolute atomic E-state index is 12.6. The zero-order valence-corrected chi connectivity index (χ0v) is 17.7. The summed E-state index contributed by atoms with van der Waals surface area (Å²) in [4.78, 5) is 49.0. The molecule has 0 saturated carbocycles. The molecule has 8 nitrogen and oxygen atoms in total. The second-order valence-electron chi connectivity index (χ2n) is 7.00. The molecule has 1 aliphatic rings. The van der Waals surface area contributed by atoms with E-state index >= 15 is 0 Å². The first-order valence-electron chi connectivity index (χ1n) is 9.62. The standard InChI is InChI=1S/C22H21NO7S/c1-30-20(25)12-11-19(24)15-7-9-16(10-8-15)31(28,29)14-4-13-23-21(26)17-5-2-3-6-18(17)22(23)27/h2-3,5-10H,4,11-14H2,1H3. The lowest BCUT2D eigenvalue weighted by Crippen LogP contribution is -2.31. The van der Waals surface area contributed by atoms with Crippen LogP contribution in [-0.2, 0) is 19.4 Å². The summed E-state index contributed by atoms with van der Waals surface area (Å²) in [6.45, 7) is -0.00429. The van der Waals surface area contributed by atoms with E-state index in [-0.39, 0.29) is 42.2 Å². The minimum atomic E-state index is -3.66. The number of carbonyl (C=O) groups excluding carboxylic acids is 4. The number of ketones is 1. The van der Waals surface area contributed by atoms with E-state index in [0.717, 1.165) is 4.90 Å². The lowest BCUT2D eigenvalue weighted by molar-refractivity contribution is -0.140. The minimum Gasteiger partial charge on any atom is -0.469 e. The number of fused-ring (bicyclic) bond motifs is 1. The van der Waals surface area contributed by atoms with Crippen molar-refractivity contribution in [1.29, 1.82) is 0 Å². The van der Waals surface area contributed by atoms with Crippen LogP contribution < -0.4 is 0 Å². The molecule has 2 aromatic rings. The van der Waals surface area contributed by atoms with Crippen LogP contribution in [0.3, 0.4) is 0 Å². The number of carbonyl (C=O) groups is 4. The fourth-order valence-electron chi connectivity index (χ4n) is 3.28. The number of benzene rings is 2. The smallest absolute Gasteiger partial charge is 0.305 e. The summed E-state index contributed by atoms with van der Waals surface area (Å²) in [5.41, 5.74) is 0.944. The van der Waals surface area contributed by atoms with E-state index in [4.69, 9.17) is 0 Å². The van der Waals surface area contributed by atoms with Gasteiger partial charge in [-0.15, -0.1) is 0 Å². The molecule has 3 rings (SSSR count). The van der Waals surface area contributed by atoms with Gasteiger partial charge in [-0.3, -0.25) is 24.1 Å². The van der Waals surface area contributed by atoms with Crippen LogP contribution in [0.1, 0.15) is 50.3 Å². The van der Waals surface area contributed by atoms with E-state index in [2.05, 4.69) is 4.74 Å². The molecule has 9 heteroatoms. The van der Waals surface area contributed by atoms with Crippen molar-refractivity contribution >= 4 is 33.4 Å². The number of amides is 2. The van der Waals surface area contributed by atoms with E-state index in [1.54, 1.807) is 24.3 Å². The van der Waals surface area contributed by atoms with Crippen molar-refractivity contribution in [2.45, 2.75) is 24.2 Å². The zero-order chi connectivity index (χ0) is 22.6. The van der Waals surface area contributed by atoms with Crippen molar-refractivity contribution < 1.29 is 32.3 Å². The summed E-state index contributed by atoms with van der Waals surface area (Å²) in [6, 6.07) is 11.9. The third kappa shape index (κ3) is 4.88. The summed E-state index contributed by atoms with van der Waals surface area (Å²) in [5, 5.41) is 0. The first-order chi connectivity index (χ1) is 14.7. The molecule has 1 aliphatic heterocycles. The molecule has 0 aliphatic carbocycles. The zero-order valence-electron chi connectivity index (χ0n) is 16.9. The molecule has 2 amide bonds. The van der Waals surface area contributed by atoms with Gasteiger partial charge in [-0.2, -0.15) is 0 Å². The van der Waals surface area contributed by atoms with Crippen molar-refractivity contribution in [1.82, 2.24) is 4.90 Å². The predicted molar refractivity (Wildman–Crippen MR) is 111 cm³/mol. The van der Waals surface area contributed by atoms with Gasteiger partial charge in [0.25, 0.3) is 11.8 Å². The first-order valence-corrected chi connectivity index (χ1v) is 11.3. The maximum Gasteiger partial charge on any atom is 0.305 e. The Kier molecular flexibility index (Phi) is 6.65. The van der Waals surface area contributed by atoms with Crippen LogP contribution in [0.25, 0.3) is 0 Å². The van der Waals surface area contributed by atoms with E-state index in [0.29, 0.717) is 16.7 Å². The normalized spacial score (nSPS) is 13.3. The van der Waals surface area contributed by atoms with Gasteiger partial charge >= 0.3 is 5.97 Å². The van der Waals surface area contributed by atoms with Gasteiger partial charge in [0.1, 0.15) is 0 Å². The summed E-state index contributed by atoms with van der Waals surface area (Å²) >= 11 is 0. The Bertz CT molecular complexity index is 1100. The number of sulfone groups is 1. The average Bonchev–Trinajstić information content (AvgIpc) is 3.02. The minimum absolute atomic E-state index is 0.00429. The van der Waals surface area contributed by atoms with Gasteiger partial charge in [-0.05, 0) is 30.7 Å². The van der Waals surface area contributed by atoms with Crippen LogP contribution in [0, 0.1) is 0 Å². The molecule has 2 aromatic carbocycles. The van der Waals surface area contributed by atoms with Gasteiger partial charge in [0.2, 0.25) is 0 Å². The number of methoxy groups -OCH3 is 1. The fourth-order valence-corrected chi connectivity index (χ4v) is 4.58. The summed E-state index contributed by atoms with van der Waals surface area (Å²) in [5.74, 6) is -1.89. The Morgan fingerprint density at radius 2 is 1.48 bits per heavy atom. The van der Waals surface area contributed by atoms with Crippen molar-refractivity contribution in [3.05, 3.63) is 65.2 Å². The lowest BCUT2D eigenvalue weighted by Gasteiger charge is -2.13. The topological polar surface area (TPSA) is 115 Å². The molecule has 0 bridgehead atoms. The summed E-state index contributed by atoms with van der Waals surface area (Å²) in [6.07, 6.45) is 0.0137. The highest BCUT2D eigenvalue weighted by molar-refractivity contribution is 7.91. The Morgan fingerprint density at radius 1 is 0.903 bits per heavy atom. The van der Waals surface area contributed by atoms with Crippen LogP contribution in [-0.4, -0.2) is 56.3 Å². The third-order valence-corrected chi connectivity index (χ3v) is 6.81. The van der Waals surface area contributed by atoms with Gasteiger partial charge in [-0.1, -0.05) is 24.3 Å². The molecular formula is C22H21NO7S. The molecule has 0 unspecified atom stereocenters. The highest BCUT2D eigenvalue weighted by Gasteiger charge is 2.34. The number of ether oxygens (including phenoxy) is 1. The summed E-state index contributed by atoms with van der Waals surface area (Å²) in [7, 11) is -2.42. The molecule has 0 fully saturated rings. The molecular weight excluding hydrogens is 422 g/mol. The number of hydrogen-bond acceptors (Lipinski definition) is 7. The first kappa shape index (κ1) is 22.4. The number of hydrogen-bond donors (Lipinski definition) is 0. The highest BCUT2D eigenvalue weighted by atomic mass is 32.2. The van der Waals surface area contributed by atoms with E-state index in [1.807, 2.05) is 0 Å². The molecule has 0 radical (unpaired) electrons. The number of Topliss-reactive ketones (excluding diaryl/α,β-unsaturated/α-hetero) is 1. The maximum atomic E-state index is 12.6. The van der Waals surface area contributed by atoms with Crippen molar-refractivity contribution in [3.8, 4) is 0 Å². The van der Waals surface area contributed by atoms with E-state index < -0.39 is 27.6 Å². The van der Waals surface area contributed by atoms with Crippen LogP contribution in [0.15, 0.2) is 53.4 Å². The van der Waals surface area contributed by atoms with Gasteiger partial charge < -0.3 is 4.74 Å². The number of esters is 1. The van der Waals surface area contributed by atoms with Crippen molar-refractivity contribution in [2.24, 2.45) is 0 Å². The lowest BCUT2D eigenvalue weighted by atomic mass is 10.1. The molecule has 0 saturated heterocycles. The molecule has 0 N–H and O–H groups in total. The largest absolute Gasteiger partial charge is 0.469 e. The average molecular weight is 443 g/mol. The fraction of sp³-hybridized carbons (Fsp3) is 0.273. The summed E-state index contributed by atoms with van der Waals surface area (Å²) < 4.78 is 29.7. The molecule has 0 atom stereocenters. The molecule has 0 aromatic heterocycles. The molecule has 162 valence electrons. The molecule has 0 spiro atoms. The molecule has 1 heterocycles. The van der Waals surface area contributed by atoms with Crippen LogP contribution in [0.4, 0.5) is 0 Å². The van der Waals surface area contributed by atoms with Crippen molar-refractivity contribution in [3.63, 3.8) is 0 Å². The van der Waals surface area contributed by atoms with Gasteiger partial charge in [0, 0.05) is 18.5 Å². The number of imide groups is 1. The van der Waals surface area contributed by atoms with Gasteiger partial charge in [0.15, 0.2) is 15.6 Å². The second kappa shape index (κ2) is 9.22. The number of nitrogens with zero attached hydrogens (tertiary/aromatic N) is 1. The Balaban J connectivity index is 1.58. The quantitative estimate of drug-likeness (QED) is 0.332. The Hall–Kier alpha value is -3.33. The van der Waals surface area contributed by atoms with E-state index in [9.17, 15) is 27.6 Å². The third-order valence-electron chi connectivity index (χ3n) is 4.99. The van der Waals surface area contributed by atoms with E-state index in [1.165, 1.54) is 31.4 Å². The van der Waals surface area contributed by atoms with Gasteiger partial charge in [-0.25, -0.2) is 8.42 Å². The second-order valence-corrected chi connectivity index (χ2v) is 9.11. The number of rotatable bonds is 9. The van der Waals surface area contributed by atoms with Crippen LogP contribution in [0.2, 0.25) is 0 Å². The SMILES string of the molecule is COC(=O)CCC(=O)c1ccc(S(=O)(=O)CCCN2C(=O)c3ccccc3C2=O)cc1. The van der Waals surface area contributed by atoms with Gasteiger partial charge in [0.05, 0.1) is 35.3 Å². The van der Waals surface area contributed by atoms with Crippen LogP contribution in [0.5, 0.6) is 0 Å². The monoisotopic (exact) mass is 443 g/mol. The Labute approximate surface area is 179 Å².